The number of hydrogen-bond donors (Lipinski definition) is 0. The Kier molecular flexibility index (Phi) is 8.28. The van der Waals surface area contributed by atoms with Crippen molar-refractivity contribution in [3.05, 3.63) is 145 Å². The standard InChI is InChI=1S/C40H34FN3O2/c1-43(19-8-14-37-34-11-4-2-9-28(34)23-29-10-3-5-12-35(29)37)21-22-46-33-16-17-39-30(25-33)18-20-44(39)40(45)32-24-31(26-42-27-32)36-13-6-7-15-38(36)41/h2-7,9-13,15-18,20,23-27H,8,14,19,21-22H2,1H3. The Hall–Kier alpha value is -5.33. The van der Waals surface area contributed by atoms with Crippen molar-refractivity contribution in [1.82, 2.24) is 14.5 Å². The largest absolute Gasteiger partial charge is 0.492 e. The van der Waals surface area contributed by atoms with E-state index in [1.165, 1.54) is 39.4 Å². The molecule has 2 heterocycles. The van der Waals surface area contributed by atoms with Crippen LogP contribution in [0, 0.1) is 5.82 Å². The van der Waals surface area contributed by atoms with Crippen LogP contribution >= 0.6 is 0 Å². The number of aromatic nitrogens is 2. The summed E-state index contributed by atoms with van der Waals surface area (Å²) in [6.45, 7) is 2.34. The second-order valence-electron chi connectivity index (χ2n) is 11.7. The lowest BCUT2D eigenvalue weighted by molar-refractivity contribution is 0.0964. The molecule has 5 nitrogen and oxygen atoms in total. The number of fused-ring (bicyclic) bond motifs is 3. The molecule has 0 bridgehead atoms. The third-order valence-corrected chi connectivity index (χ3v) is 8.64. The average Bonchev–Trinajstić information content (AvgIpc) is 3.51. The molecule has 5 aromatic carbocycles. The van der Waals surface area contributed by atoms with Crippen LogP contribution in [0.3, 0.4) is 0 Å². The first-order valence-electron chi connectivity index (χ1n) is 15.6. The number of carbonyl (C=O) groups is 1. The molecule has 0 radical (unpaired) electrons. The van der Waals surface area contributed by atoms with Gasteiger partial charge in [0.2, 0.25) is 0 Å². The minimum Gasteiger partial charge on any atom is -0.492 e. The van der Waals surface area contributed by atoms with E-state index < -0.39 is 0 Å². The van der Waals surface area contributed by atoms with E-state index in [2.05, 4.69) is 71.5 Å². The third-order valence-electron chi connectivity index (χ3n) is 8.64. The number of rotatable bonds is 10. The van der Waals surface area contributed by atoms with Crippen LogP contribution in [-0.2, 0) is 6.42 Å². The maximum absolute atomic E-state index is 14.3. The normalized spacial score (nSPS) is 11.5. The number of carbonyl (C=O) groups excluding carboxylic acids is 1. The SMILES string of the molecule is CN(CCCc1c2ccccc2cc2ccccc12)CCOc1ccc2c(ccn2C(=O)c2cncc(-c3ccccc3F)c2)c1. The number of ether oxygens (including phenoxy) is 1. The quantitative estimate of drug-likeness (QED) is 0.146. The lowest BCUT2D eigenvalue weighted by Crippen LogP contribution is -2.25. The number of likely N-dealkylation sites (N-methyl/N-ethyl adjacent to an activating group) is 1. The molecule has 0 fully saturated rings. The molecule has 0 N–H and O–H groups in total. The predicted molar refractivity (Wildman–Crippen MR) is 184 cm³/mol. The molecule has 7 aromatic rings. The van der Waals surface area contributed by atoms with Gasteiger partial charge in [-0.2, -0.15) is 0 Å². The van der Waals surface area contributed by atoms with Crippen LogP contribution < -0.4 is 4.74 Å². The monoisotopic (exact) mass is 607 g/mol. The zero-order valence-corrected chi connectivity index (χ0v) is 25.7. The van der Waals surface area contributed by atoms with E-state index in [0.29, 0.717) is 23.3 Å². The summed E-state index contributed by atoms with van der Waals surface area (Å²) in [5.41, 5.74) is 3.55. The maximum Gasteiger partial charge on any atom is 0.263 e. The van der Waals surface area contributed by atoms with E-state index in [4.69, 9.17) is 4.74 Å². The van der Waals surface area contributed by atoms with Crippen molar-refractivity contribution in [2.75, 3.05) is 26.7 Å². The van der Waals surface area contributed by atoms with Crippen LogP contribution in [0.4, 0.5) is 4.39 Å². The van der Waals surface area contributed by atoms with Gasteiger partial charge >= 0.3 is 0 Å². The van der Waals surface area contributed by atoms with Gasteiger partial charge in [-0.15, -0.1) is 0 Å². The van der Waals surface area contributed by atoms with Crippen molar-refractivity contribution < 1.29 is 13.9 Å². The molecule has 0 aliphatic heterocycles. The predicted octanol–water partition coefficient (Wildman–Crippen LogP) is 8.78. The number of halogens is 1. The highest BCUT2D eigenvalue weighted by Gasteiger charge is 2.15. The average molecular weight is 608 g/mol. The number of aryl methyl sites for hydroxylation is 1. The smallest absolute Gasteiger partial charge is 0.263 e. The molecule has 46 heavy (non-hydrogen) atoms. The summed E-state index contributed by atoms with van der Waals surface area (Å²) in [5.74, 6) is 0.178. The molecule has 0 aliphatic rings. The first-order chi connectivity index (χ1) is 22.5. The minimum absolute atomic E-state index is 0.229. The van der Waals surface area contributed by atoms with Gasteiger partial charge in [-0.25, -0.2) is 4.39 Å². The van der Waals surface area contributed by atoms with Gasteiger partial charge in [0, 0.05) is 41.6 Å². The van der Waals surface area contributed by atoms with Crippen LogP contribution in [0.2, 0.25) is 0 Å². The Labute approximate surface area is 267 Å². The van der Waals surface area contributed by atoms with Crippen LogP contribution in [-0.4, -0.2) is 47.1 Å². The van der Waals surface area contributed by atoms with E-state index in [1.54, 1.807) is 41.2 Å². The topological polar surface area (TPSA) is 47.4 Å². The summed E-state index contributed by atoms with van der Waals surface area (Å²) in [6.07, 6.45) is 6.90. The zero-order chi connectivity index (χ0) is 31.5. The Bertz CT molecular complexity index is 2130. The molecule has 6 heteroatoms. The lowest BCUT2D eigenvalue weighted by atomic mass is 9.94. The summed E-state index contributed by atoms with van der Waals surface area (Å²) in [4.78, 5) is 19.9. The van der Waals surface area contributed by atoms with Crippen molar-refractivity contribution >= 4 is 38.4 Å². The molecule has 0 spiro atoms. The van der Waals surface area contributed by atoms with Crippen LogP contribution in [0.5, 0.6) is 5.75 Å². The van der Waals surface area contributed by atoms with Crippen molar-refractivity contribution in [1.29, 1.82) is 0 Å². The molecule has 0 unspecified atom stereocenters. The Morgan fingerprint density at radius 3 is 2.33 bits per heavy atom. The fourth-order valence-electron chi connectivity index (χ4n) is 6.26. The van der Waals surface area contributed by atoms with Gasteiger partial charge in [0.1, 0.15) is 18.2 Å². The van der Waals surface area contributed by atoms with Gasteiger partial charge in [-0.3, -0.25) is 14.3 Å². The highest BCUT2D eigenvalue weighted by Crippen LogP contribution is 2.30. The van der Waals surface area contributed by atoms with Gasteiger partial charge in [0.15, 0.2) is 0 Å². The fourth-order valence-corrected chi connectivity index (χ4v) is 6.26. The maximum atomic E-state index is 14.3. The molecule has 0 aliphatic carbocycles. The number of nitrogens with zero attached hydrogens (tertiary/aromatic N) is 3. The minimum atomic E-state index is -0.353. The van der Waals surface area contributed by atoms with Crippen molar-refractivity contribution in [2.45, 2.75) is 12.8 Å². The van der Waals surface area contributed by atoms with Crippen LogP contribution in [0.1, 0.15) is 22.3 Å². The second kappa shape index (κ2) is 13.0. The summed E-state index contributed by atoms with van der Waals surface area (Å²) >= 11 is 0. The molecule has 2 aromatic heterocycles. The van der Waals surface area contributed by atoms with Crippen molar-refractivity contribution in [2.24, 2.45) is 0 Å². The van der Waals surface area contributed by atoms with Crippen molar-refractivity contribution in [3.8, 4) is 16.9 Å². The molecular formula is C40H34FN3O2. The van der Waals surface area contributed by atoms with Crippen LogP contribution in [0.25, 0.3) is 43.6 Å². The molecule has 228 valence electrons. The first-order valence-corrected chi connectivity index (χ1v) is 15.6. The highest BCUT2D eigenvalue weighted by molar-refractivity contribution is 6.03. The molecule has 0 saturated heterocycles. The van der Waals surface area contributed by atoms with Crippen molar-refractivity contribution in [3.63, 3.8) is 0 Å². The number of pyridine rings is 1. The summed E-state index contributed by atoms with van der Waals surface area (Å²) in [5, 5.41) is 6.16. The van der Waals surface area contributed by atoms with Gasteiger partial charge in [-0.1, -0.05) is 66.7 Å². The van der Waals surface area contributed by atoms with E-state index in [-0.39, 0.29) is 11.7 Å². The number of hydrogen-bond acceptors (Lipinski definition) is 4. The number of benzene rings is 5. The van der Waals surface area contributed by atoms with Gasteiger partial charge in [0.25, 0.3) is 5.91 Å². The van der Waals surface area contributed by atoms with Gasteiger partial charge in [0.05, 0.1) is 11.1 Å². The summed E-state index contributed by atoms with van der Waals surface area (Å²) in [7, 11) is 2.13. The first kappa shape index (κ1) is 29.4. The Morgan fingerprint density at radius 2 is 1.54 bits per heavy atom. The molecule has 0 atom stereocenters. The van der Waals surface area contributed by atoms with Gasteiger partial charge < -0.3 is 9.64 Å². The molecule has 0 amide bonds. The highest BCUT2D eigenvalue weighted by atomic mass is 19.1. The summed E-state index contributed by atoms with van der Waals surface area (Å²) in [6, 6.07) is 35.4. The van der Waals surface area contributed by atoms with E-state index in [9.17, 15) is 9.18 Å². The van der Waals surface area contributed by atoms with E-state index in [1.807, 2.05) is 24.3 Å². The third kappa shape index (κ3) is 6.00. The molecule has 7 rings (SSSR count). The Morgan fingerprint density at radius 1 is 0.804 bits per heavy atom. The lowest BCUT2D eigenvalue weighted by Gasteiger charge is -2.18. The molecular weight excluding hydrogens is 573 g/mol. The molecule has 0 saturated carbocycles. The van der Waals surface area contributed by atoms with Crippen LogP contribution in [0.15, 0.2) is 128 Å². The summed E-state index contributed by atoms with van der Waals surface area (Å²) < 4.78 is 22.0. The van der Waals surface area contributed by atoms with E-state index in [0.717, 1.165) is 42.6 Å². The van der Waals surface area contributed by atoms with Gasteiger partial charge in [-0.05, 0) is 96.0 Å². The second-order valence-corrected chi connectivity index (χ2v) is 11.7. The zero-order valence-electron chi connectivity index (χ0n) is 25.7. The Balaban J connectivity index is 0.960. The fraction of sp³-hybridized carbons (Fsp3) is 0.150. The van der Waals surface area contributed by atoms with E-state index >= 15 is 0 Å².